The molecule has 5 nitrogen and oxygen atoms in total. The Balaban J connectivity index is 2.07. The number of nitrogens with one attached hydrogen (secondary N) is 1. The van der Waals surface area contributed by atoms with Gasteiger partial charge in [-0.2, -0.15) is 0 Å². The summed E-state index contributed by atoms with van der Waals surface area (Å²) in [5.41, 5.74) is 6.18. The molecule has 1 unspecified atom stereocenters. The molecule has 2 amide bonds. The average Bonchev–Trinajstić information content (AvgIpc) is 3.29. The summed E-state index contributed by atoms with van der Waals surface area (Å²) in [5.74, 6) is -0.407. The van der Waals surface area contributed by atoms with Crippen LogP contribution in [0.2, 0.25) is 0 Å². The molecule has 1 aromatic carbocycles. The van der Waals surface area contributed by atoms with Crippen LogP contribution in [-0.4, -0.2) is 43.9 Å². The highest BCUT2D eigenvalue weighted by atomic mass is 16.2. The lowest BCUT2D eigenvalue weighted by Gasteiger charge is -2.22. The molecule has 0 bridgehead atoms. The fourth-order valence-corrected chi connectivity index (χ4v) is 2.40. The third-order valence-electron chi connectivity index (χ3n) is 4.13. The minimum Gasteiger partial charge on any atom is -0.354 e. The number of hydrogen-bond donors (Lipinski definition) is 2. The summed E-state index contributed by atoms with van der Waals surface area (Å²) in [6.07, 6.45) is 1.68. The van der Waals surface area contributed by atoms with Gasteiger partial charge in [0.2, 0.25) is 11.8 Å². The fourth-order valence-electron chi connectivity index (χ4n) is 2.40. The minimum atomic E-state index is -0.387. The molecule has 0 aliphatic heterocycles. The molecule has 0 radical (unpaired) electrons. The second kappa shape index (κ2) is 6.26. The SMILES string of the molecule is CN(C)C(=O)C(CNC(=O)C1(CN)CC1)c1ccccc1. The standard InChI is InChI=1S/C16H23N3O2/c1-19(2)14(20)13(12-6-4-3-5-7-12)10-18-15(21)16(11-17)8-9-16/h3-7,13H,8-11,17H2,1-2H3,(H,18,21). The molecule has 2 rings (SSSR count). The van der Waals surface area contributed by atoms with E-state index in [1.807, 2.05) is 30.3 Å². The van der Waals surface area contributed by atoms with Gasteiger partial charge in [-0.15, -0.1) is 0 Å². The maximum absolute atomic E-state index is 12.3. The van der Waals surface area contributed by atoms with Crippen molar-refractivity contribution in [2.45, 2.75) is 18.8 Å². The van der Waals surface area contributed by atoms with Crippen molar-refractivity contribution < 1.29 is 9.59 Å². The molecule has 114 valence electrons. The van der Waals surface area contributed by atoms with Gasteiger partial charge in [0, 0.05) is 27.2 Å². The number of nitrogens with two attached hydrogens (primary N) is 1. The van der Waals surface area contributed by atoms with Crippen molar-refractivity contribution in [3.63, 3.8) is 0 Å². The zero-order valence-electron chi connectivity index (χ0n) is 12.6. The highest BCUT2D eigenvalue weighted by Gasteiger charge is 2.48. The van der Waals surface area contributed by atoms with Crippen LogP contribution in [0.3, 0.4) is 0 Å². The molecular weight excluding hydrogens is 266 g/mol. The summed E-state index contributed by atoms with van der Waals surface area (Å²) in [6, 6.07) is 9.53. The Labute approximate surface area is 125 Å². The quantitative estimate of drug-likeness (QED) is 0.810. The van der Waals surface area contributed by atoms with Gasteiger partial charge < -0.3 is 16.0 Å². The highest BCUT2D eigenvalue weighted by molar-refractivity contribution is 5.87. The van der Waals surface area contributed by atoms with Crippen LogP contribution in [0.4, 0.5) is 0 Å². The van der Waals surface area contributed by atoms with Crippen molar-refractivity contribution in [3.8, 4) is 0 Å². The Kier molecular flexibility index (Phi) is 4.63. The van der Waals surface area contributed by atoms with Crippen LogP contribution in [0.5, 0.6) is 0 Å². The Morgan fingerprint density at radius 3 is 2.38 bits per heavy atom. The van der Waals surface area contributed by atoms with Crippen LogP contribution >= 0.6 is 0 Å². The van der Waals surface area contributed by atoms with E-state index in [4.69, 9.17) is 5.73 Å². The molecule has 1 atom stereocenters. The Hall–Kier alpha value is -1.88. The van der Waals surface area contributed by atoms with Gasteiger partial charge in [0.25, 0.3) is 0 Å². The largest absolute Gasteiger partial charge is 0.354 e. The predicted octanol–water partition coefficient (Wildman–Crippen LogP) is 0.714. The maximum atomic E-state index is 12.3. The van der Waals surface area contributed by atoms with Gasteiger partial charge in [-0.05, 0) is 18.4 Å². The monoisotopic (exact) mass is 289 g/mol. The van der Waals surface area contributed by atoms with Gasteiger partial charge in [0.1, 0.15) is 0 Å². The maximum Gasteiger partial charge on any atom is 0.231 e. The first-order valence-corrected chi connectivity index (χ1v) is 7.25. The minimum absolute atomic E-state index is 0.0147. The Morgan fingerprint density at radius 2 is 1.90 bits per heavy atom. The summed E-state index contributed by atoms with van der Waals surface area (Å²) in [5, 5.41) is 2.90. The lowest BCUT2D eigenvalue weighted by Crippen LogP contribution is -2.41. The molecule has 0 aromatic heterocycles. The van der Waals surface area contributed by atoms with Crippen molar-refractivity contribution in [2.24, 2.45) is 11.1 Å². The number of carbonyl (C=O) groups is 2. The van der Waals surface area contributed by atoms with E-state index in [1.54, 1.807) is 19.0 Å². The first-order valence-electron chi connectivity index (χ1n) is 7.25. The molecule has 0 heterocycles. The molecule has 1 aliphatic carbocycles. The zero-order valence-corrected chi connectivity index (χ0v) is 12.6. The summed E-state index contributed by atoms with van der Waals surface area (Å²) >= 11 is 0. The van der Waals surface area contributed by atoms with Gasteiger partial charge in [-0.25, -0.2) is 0 Å². The molecule has 3 N–H and O–H groups in total. The highest BCUT2D eigenvalue weighted by Crippen LogP contribution is 2.44. The molecule has 1 aromatic rings. The van der Waals surface area contributed by atoms with Crippen molar-refractivity contribution in [1.82, 2.24) is 10.2 Å². The molecule has 21 heavy (non-hydrogen) atoms. The first-order chi connectivity index (χ1) is 10.00. The normalized spacial score (nSPS) is 16.9. The topological polar surface area (TPSA) is 75.4 Å². The first kappa shape index (κ1) is 15.5. The molecule has 0 saturated heterocycles. The average molecular weight is 289 g/mol. The van der Waals surface area contributed by atoms with E-state index in [9.17, 15) is 9.59 Å². The molecule has 5 heteroatoms. The Bertz CT molecular complexity index is 510. The lowest BCUT2D eigenvalue weighted by molar-refractivity contribution is -0.130. The number of amides is 2. The van der Waals surface area contributed by atoms with Crippen LogP contribution < -0.4 is 11.1 Å². The zero-order chi connectivity index (χ0) is 15.5. The molecular formula is C16H23N3O2. The van der Waals surface area contributed by atoms with Crippen LogP contribution in [0.15, 0.2) is 30.3 Å². The number of nitrogens with zero attached hydrogens (tertiary/aromatic N) is 1. The fraction of sp³-hybridized carbons (Fsp3) is 0.500. The van der Waals surface area contributed by atoms with Gasteiger partial charge in [0.05, 0.1) is 11.3 Å². The summed E-state index contributed by atoms with van der Waals surface area (Å²) in [4.78, 5) is 26.1. The Morgan fingerprint density at radius 1 is 1.29 bits per heavy atom. The summed E-state index contributed by atoms with van der Waals surface area (Å²) < 4.78 is 0. The molecule has 0 spiro atoms. The lowest BCUT2D eigenvalue weighted by atomic mass is 9.97. The van der Waals surface area contributed by atoms with Crippen LogP contribution in [0.1, 0.15) is 24.3 Å². The van der Waals surface area contributed by atoms with Gasteiger partial charge in [0.15, 0.2) is 0 Å². The summed E-state index contributed by atoms with van der Waals surface area (Å²) in [6.45, 7) is 0.679. The van der Waals surface area contributed by atoms with E-state index >= 15 is 0 Å². The smallest absolute Gasteiger partial charge is 0.231 e. The van der Waals surface area contributed by atoms with E-state index in [0.29, 0.717) is 13.1 Å². The third kappa shape index (κ3) is 3.42. The molecule has 1 fully saturated rings. The van der Waals surface area contributed by atoms with Crippen molar-refractivity contribution in [2.75, 3.05) is 27.2 Å². The molecule has 1 aliphatic rings. The van der Waals surface area contributed by atoms with Crippen molar-refractivity contribution in [1.29, 1.82) is 0 Å². The van der Waals surface area contributed by atoms with E-state index in [1.165, 1.54) is 0 Å². The number of benzene rings is 1. The predicted molar refractivity (Wildman–Crippen MR) is 81.6 cm³/mol. The van der Waals surface area contributed by atoms with E-state index < -0.39 is 0 Å². The number of hydrogen-bond acceptors (Lipinski definition) is 3. The van der Waals surface area contributed by atoms with E-state index in [2.05, 4.69) is 5.32 Å². The van der Waals surface area contributed by atoms with Gasteiger partial charge >= 0.3 is 0 Å². The van der Waals surface area contributed by atoms with Crippen LogP contribution in [-0.2, 0) is 9.59 Å². The second-order valence-electron chi connectivity index (χ2n) is 5.89. The second-order valence-corrected chi connectivity index (χ2v) is 5.89. The van der Waals surface area contributed by atoms with Crippen molar-refractivity contribution in [3.05, 3.63) is 35.9 Å². The van der Waals surface area contributed by atoms with E-state index in [0.717, 1.165) is 18.4 Å². The van der Waals surface area contributed by atoms with E-state index in [-0.39, 0.29) is 23.1 Å². The number of carbonyl (C=O) groups excluding carboxylic acids is 2. The number of likely N-dealkylation sites (N-methyl/N-ethyl adjacent to an activating group) is 1. The molecule has 1 saturated carbocycles. The third-order valence-corrected chi connectivity index (χ3v) is 4.13. The van der Waals surface area contributed by atoms with Crippen LogP contribution in [0.25, 0.3) is 0 Å². The van der Waals surface area contributed by atoms with Gasteiger partial charge in [-0.1, -0.05) is 30.3 Å². The van der Waals surface area contributed by atoms with Crippen LogP contribution in [0, 0.1) is 5.41 Å². The summed E-state index contributed by atoms with van der Waals surface area (Å²) in [7, 11) is 3.45. The van der Waals surface area contributed by atoms with Gasteiger partial charge in [-0.3, -0.25) is 9.59 Å². The number of rotatable bonds is 6. The van der Waals surface area contributed by atoms with Crippen molar-refractivity contribution >= 4 is 11.8 Å².